The number of ketones is 1. The Hall–Kier alpha value is -1.73. The summed E-state index contributed by atoms with van der Waals surface area (Å²) in [4.78, 5) is 36.7. The summed E-state index contributed by atoms with van der Waals surface area (Å²) in [6, 6.07) is 6.96. The van der Waals surface area contributed by atoms with Gasteiger partial charge < -0.3 is 15.2 Å². The first-order valence-corrected chi connectivity index (χ1v) is 9.80. The minimum Gasteiger partial charge on any atom is -0.481 e. The molecule has 7 heteroatoms. The summed E-state index contributed by atoms with van der Waals surface area (Å²) in [6.07, 6.45) is 1.71. The first-order valence-electron chi connectivity index (χ1n) is 9.01. The minimum atomic E-state index is -0.951. The van der Waals surface area contributed by atoms with Crippen LogP contribution in [0.1, 0.15) is 56.8 Å². The SMILES string of the molecule is CC(C)(C)OC(=O)CNC1(CC(=O)c2ccc(Br)cc2)CCCC1C(=O)O. The molecular formula is C20H26BrNO5. The van der Waals surface area contributed by atoms with Crippen LogP contribution in [-0.4, -0.2) is 40.5 Å². The van der Waals surface area contributed by atoms with Crippen molar-refractivity contribution >= 4 is 33.7 Å². The van der Waals surface area contributed by atoms with Gasteiger partial charge in [-0.05, 0) is 45.7 Å². The van der Waals surface area contributed by atoms with Gasteiger partial charge in [-0.2, -0.15) is 0 Å². The zero-order chi connectivity index (χ0) is 20.2. The normalized spacial score (nSPS) is 22.4. The summed E-state index contributed by atoms with van der Waals surface area (Å²) in [5.74, 6) is -2.28. The van der Waals surface area contributed by atoms with E-state index in [0.29, 0.717) is 24.8 Å². The molecule has 2 atom stereocenters. The Bertz CT molecular complexity index is 710. The maximum atomic E-state index is 12.8. The zero-order valence-electron chi connectivity index (χ0n) is 15.9. The van der Waals surface area contributed by atoms with Crippen molar-refractivity contribution in [3.05, 3.63) is 34.3 Å². The molecule has 1 aliphatic carbocycles. The number of halogens is 1. The highest BCUT2D eigenvalue weighted by atomic mass is 79.9. The summed E-state index contributed by atoms with van der Waals surface area (Å²) in [5, 5.41) is 12.7. The van der Waals surface area contributed by atoms with Crippen LogP contribution < -0.4 is 5.32 Å². The molecule has 0 saturated heterocycles. The largest absolute Gasteiger partial charge is 0.481 e. The number of aliphatic carboxylic acids is 1. The quantitative estimate of drug-likeness (QED) is 0.498. The summed E-state index contributed by atoms with van der Waals surface area (Å²) >= 11 is 3.33. The Morgan fingerprint density at radius 1 is 1.26 bits per heavy atom. The van der Waals surface area contributed by atoms with Crippen molar-refractivity contribution in [2.24, 2.45) is 5.92 Å². The Kier molecular flexibility index (Phi) is 6.81. The topological polar surface area (TPSA) is 92.7 Å². The summed E-state index contributed by atoms with van der Waals surface area (Å²) < 4.78 is 6.16. The third-order valence-electron chi connectivity index (χ3n) is 4.73. The number of esters is 1. The minimum absolute atomic E-state index is 0.0222. The smallest absolute Gasteiger partial charge is 0.320 e. The van der Waals surface area contributed by atoms with Crippen molar-refractivity contribution in [1.82, 2.24) is 5.32 Å². The van der Waals surface area contributed by atoms with Crippen LogP contribution in [0.3, 0.4) is 0 Å². The molecule has 2 rings (SSSR count). The van der Waals surface area contributed by atoms with E-state index in [1.54, 1.807) is 45.0 Å². The third kappa shape index (κ3) is 5.87. The number of Topliss-reactive ketones (excluding diaryl/α,β-unsaturated/α-hetero) is 1. The maximum Gasteiger partial charge on any atom is 0.320 e. The highest BCUT2D eigenvalue weighted by Crippen LogP contribution is 2.39. The summed E-state index contributed by atoms with van der Waals surface area (Å²) in [5.41, 5.74) is -1.05. The molecule has 1 saturated carbocycles. The standard InChI is InChI=1S/C20H26BrNO5/c1-19(2,3)27-17(24)12-22-20(10-4-5-15(20)18(25)26)11-16(23)13-6-8-14(21)9-7-13/h6-9,15,22H,4-5,10-12H2,1-3H3,(H,25,26). The van der Waals surface area contributed by atoms with E-state index >= 15 is 0 Å². The number of ether oxygens (including phenoxy) is 1. The van der Waals surface area contributed by atoms with Crippen molar-refractivity contribution in [3.8, 4) is 0 Å². The van der Waals surface area contributed by atoms with Crippen LogP contribution in [-0.2, 0) is 14.3 Å². The van der Waals surface area contributed by atoms with Crippen LogP contribution in [0.2, 0.25) is 0 Å². The predicted octanol–water partition coefficient (Wildman–Crippen LogP) is 3.58. The van der Waals surface area contributed by atoms with Gasteiger partial charge in [0.2, 0.25) is 0 Å². The molecule has 6 nitrogen and oxygen atoms in total. The number of benzene rings is 1. The van der Waals surface area contributed by atoms with E-state index in [1.165, 1.54) is 0 Å². The summed E-state index contributed by atoms with van der Waals surface area (Å²) in [6.45, 7) is 5.18. The van der Waals surface area contributed by atoms with Crippen LogP contribution in [0.15, 0.2) is 28.7 Å². The Balaban J connectivity index is 2.18. The van der Waals surface area contributed by atoms with E-state index in [-0.39, 0.29) is 18.7 Å². The lowest BCUT2D eigenvalue weighted by Gasteiger charge is -2.34. The van der Waals surface area contributed by atoms with Gasteiger partial charge in [-0.15, -0.1) is 0 Å². The van der Waals surface area contributed by atoms with Crippen LogP contribution in [0.25, 0.3) is 0 Å². The van der Waals surface area contributed by atoms with Gasteiger partial charge in [0.1, 0.15) is 5.60 Å². The Labute approximate surface area is 167 Å². The van der Waals surface area contributed by atoms with Crippen molar-refractivity contribution in [1.29, 1.82) is 0 Å². The second-order valence-corrected chi connectivity index (χ2v) is 8.90. The monoisotopic (exact) mass is 439 g/mol. The fourth-order valence-corrected chi connectivity index (χ4v) is 3.83. The molecular weight excluding hydrogens is 414 g/mol. The molecule has 0 heterocycles. The van der Waals surface area contributed by atoms with Gasteiger partial charge in [0.15, 0.2) is 5.78 Å². The molecule has 0 aliphatic heterocycles. The lowest BCUT2D eigenvalue weighted by atomic mass is 9.81. The van der Waals surface area contributed by atoms with Crippen LogP contribution in [0.5, 0.6) is 0 Å². The van der Waals surface area contributed by atoms with Crippen molar-refractivity contribution in [2.45, 2.75) is 57.6 Å². The molecule has 0 amide bonds. The molecule has 2 N–H and O–H groups in total. The molecule has 2 unspecified atom stereocenters. The molecule has 1 fully saturated rings. The number of hydrogen-bond acceptors (Lipinski definition) is 5. The first-order chi connectivity index (χ1) is 12.5. The molecule has 27 heavy (non-hydrogen) atoms. The lowest BCUT2D eigenvalue weighted by Crippen LogP contribution is -2.54. The van der Waals surface area contributed by atoms with Gasteiger partial charge in [0, 0.05) is 22.0 Å². The van der Waals surface area contributed by atoms with E-state index < -0.39 is 29.0 Å². The van der Waals surface area contributed by atoms with Crippen molar-refractivity contribution in [3.63, 3.8) is 0 Å². The zero-order valence-corrected chi connectivity index (χ0v) is 17.5. The van der Waals surface area contributed by atoms with E-state index in [0.717, 1.165) is 4.47 Å². The van der Waals surface area contributed by atoms with Crippen molar-refractivity contribution in [2.75, 3.05) is 6.54 Å². The predicted molar refractivity (Wildman–Crippen MR) is 105 cm³/mol. The average molecular weight is 440 g/mol. The van der Waals surface area contributed by atoms with Gasteiger partial charge in [0.25, 0.3) is 0 Å². The highest BCUT2D eigenvalue weighted by Gasteiger charge is 2.48. The second-order valence-electron chi connectivity index (χ2n) is 7.99. The lowest BCUT2D eigenvalue weighted by molar-refractivity contribution is -0.155. The van der Waals surface area contributed by atoms with Gasteiger partial charge in [-0.3, -0.25) is 14.4 Å². The van der Waals surface area contributed by atoms with E-state index in [4.69, 9.17) is 4.74 Å². The van der Waals surface area contributed by atoms with Crippen LogP contribution in [0.4, 0.5) is 0 Å². The number of carbonyl (C=O) groups excluding carboxylic acids is 2. The Morgan fingerprint density at radius 2 is 1.89 bits per heavy atom. The molecule has 1 aromatic rings. The number of nitrogens with one attached hydrogen (secondary N) is 1. The maximum absolute atomic E-state index is 12.8. The van der Waals surface area contributed by atoms with E-state index in [1.807, 2.05) is 0 Å². The van der Waals surface area contributed by atoms with Crippen LogP contribution >= 0.6 is 15.9 Å². The highest BCUT2D eigenvalue weighted by molar-refractivity contribution is 9.10. The molecule has 1 aliphatic rings. The molecule has 1 aromatic carbocycles. The number of carbonyl (C=O) groups is 3. The fraction of sp³-hybridized carbons (Fsp3) is 0.550. The number of carboxylic acid groups (broad SMARTS) is 1. The number of carboxylic acids is 1. The van der Waals surface area contributed by atoms with Gasteiger partial charge in [0.05, 0.1) is 12.5 Å². The van der Waals surface area contributed by atoms with Gasteiger partial charge in [-0.1, -0.05) is 34.5 Å². The number of hydrogen-bond donors (Lipinski definition) is 2. The van der Waals surface area contributed by atoms with Crippen LogP contribution in [0, 0.1) is 5.92 Å². The van der Waals surface area contributed by atoms with Gasteiger partial charge >= 0.3 is 11.9 Å². The third-order valence-corrected chi connectivity index (χ3v) is 5.26. The molecule has 148 valence electrons. The second kappa shape index (κ2) is 8.52. The molecule has 0 spiro atoms. The first kappa shape index (κ1) is 21.6. The van der Waals surface area contributed by atoms with E-state index in [2.05, 4.69) is 21.2 Å². The van der Waals surface area contributed by atoms with E-state index in [9.17, 15) is 19.5 Å². The molecule has 0 bridgehead atoms. The average Bonchev–Trinajstić information content (AvgIpc) is 2.96. The van der Waals surface area contributed by atoms with Gasteiger partial charge in [-0.25, -0.2) is 0 Å². The molecule has 0 aromatic heterocycles. The number of rotatable bonds is 7. The Morgan fingerprint density at radius 3 is 2.44 bits per heavy atom. The summed E-state index contributed by atoms with van der Waals surface area (Å²) in [7, 11) is 0. The molecule has 0 radical (unpaired) electrons. The fourth-order valence-electron chi connectivity index (χ4n) is 3.57. The van der Waals surface area contributed by atoms with Crippen molar-refractivity contribution < 1.29 is 24.2 Å².